The zero-order valence-electron chi connectivity index (χ0n) is 9.92. The van der Waals surface area contributed by atoms with Crippen LogP contribution in [0.3, 0.4) is 0 Å². The molecule has 0 saturated heterocycles. The molecule has 0 heterocycles. The predicted molar refractivity (Wildman–Crippen MR) is 59.9 cm³/mol. The number of carbonyl (C=O) groups is 1. The molecule has 1 atom stereocenters. The third-order valence-corrected chi connectivity index (χ3v) is 2.28. The van der Waals surface area contributed by atoms with Crippen molar-refractivity contribution in [3.05, 3.63) is 0 Å². The van der Waals surface area contributed by atoms with Gasteiger partial charge in [-0.25, -0.2) is 0 Å². The number of rotatable bonds is 6. The molecule has 0 aromatic rings. The van der Waals surface area contributed by atoms with Crippen molar-refractivity contribution in [2.75, 3.05) is 20.1 Å². The molecule has 84 valence electrons. The lowest BCUT2D eigenvalue weighted by molar-refractivity contribution is -0.134. The molecule has 0 radical (unpaired) electrons. The number of nitrogens with two attached hydrogens (primary N) is 1. The maximum Gasteiger partial charge on any atom is 0.225 e. The number of hydrogen-bond donors (Lipinski definition) is 1. The van der Waals surface area contributed by atoms with Gasteiger partial charge < -0.3 is 10.6 Å². The van der Waals surface area contributed by atoms with Gasteiger partial charge in [-0.1, -0.05) is 20.8 Å². The molecule has 3 heteroatoms. The Morgan fingerprint density at radius 1 is 1.36 bits per heavy atom. The molecule has 0 bridgehead atoms. The summed E-state index contributed by atoms with van der Waals surface area (Å²) in [6, 6.07) is 0. The average molecular weight is 200 g/mol. The molecule has 0 aromatic carbocycles. The SMILES string of the molecule is CC(C)CN(C)C(=O)C(C)CCCN. The first-order chi connectivity index (χ1) is 6.49. The summed E-state index contributed by atoms with van der Waals surface area (Å²) in [5.74, 6) is 0.889. The fraction of sp³-hybridized carbons (Fsp3) is 0.909. The average Bonchev–Trinajstić information content (AvgIpc) is 2.11. The van der Waals surface area contributed by atoms with E-state index >= 15 is 0 Å². The highest BCUT2D eigenvalue weighted by Crippen LogP contribution is 2.09. The predicted octanol–water partition coefficient (Wildman–Crippen LogP) is 1.48. The summed E-state index contributed by atoms with van der Waals surface area (Å²) in [7, 11) is 1.88. The van der Waals surface area contributed by atoms with Gasteiger partial charge in [0.05, 0.1) is 0 Å². The second-order valence-corrected chi connectivity index (χ2v) is 4.44. The van der Waals surface area contributed by atoms with Crippen molar-refractivity contribution in [3.8, 4) is 0 Å². The van der Waals surface area contributed by atoms with Gasteiger partial charge in [0.15, 0.2) is 0 Å². The van der Waals surface area contributed by atoms with Crippen LogP contribution in [0.1, 0.15) is 33.6 Å². The Bertz CT molecular complexity index is 169. The number of amides is 1. The van der Waals surface area contributed by atoms with E-state index in [0.717, 1.165) is 19.4 Å². The summed E-state index contributed by atoms with van der Waals surface area (Å²) in [6.07, 6.45) is 1.83. The second kappa shape index (κ2) is 6.82. The van der Waals surface area contributed by atoms with E-state index in [2.05, 4.69) is 13.8 Å². The van der Waals surface area contributed by atoms with Gasteiger partial charge in [-0.05, 0) is 25.3 Å². The molecule has 0 rings (SSSR count). The van der Waals surface area contributed by atoms with Gasteiger partial charge in [0.1, 0.15) is 0 Å². The molecule has 1 amide bonds. The molecule has 1 unspecified atom stereocenters. The van der Waals surface area contributed by atoms with E-state index in [-0.39, 0.29) is 11.8 Å². The molecule has 0 spiro atoms. The van der Waals surface area contributed by atoms with E-state index in [4.69, 9.17) is 5.73 Å². The van der Waals surface area contributed by atoms with E-state index in [9.17, 15) is 4.79 Å². The van der Waals surface area contributed by atoms with Gasteiger partial charge in [-0.2, -0.15) is 0 Å². The summed E-state index contributed by atoms with van der Waals surface area (Å²) < 4.78 is 0. The molecule has 0 fully saturated rings. The third kappa shape index (κ3) is 5.22. The third-order valence-electron chi connectivity index (χ3n) is 2.28. The first kappa shape index (κ1) is 13.4. The van der Waals surface area contributed by atoms with Crippen molar-refractivity contribution < 1.29 is 4.79 Å². The minimum absolute atomic E-state index is 0.113. The van der Waals surface area contributed by atoms with Gasteiger partial charge in [0.2, 0.25) is 5.91 Å². The highest BCUT2D eigenvalue weighted by atomic mass is 16.2. The zero-order chi connectivity index (χ0) is 11.1. The van der Waals surface area contributed by atoms with Gasteiger partial charge in [0, 0.05) is 19.5 Å². The lowest BCUT2D eigenvalue weighted by Gasteiger charge is -2.23. The molecule has 0 aliphatic heterocycles. The highest BCUT2D eigenvalue weighted by molar-refractivity contribution is 5.78. The Labute approximate surface area is 87.6 Å². The van der Waals surface area contributed by atoms with Crippen LogP contribution in [0.25, 0.3) is 0 Å². The van der Waals surface area contributed by atoms with Crippen LogP contribution in [-0.2, 0) is 4.79 Å². The van der Waals surface area contributed by atoms with Crippen LogP contribution >= 0.6 is 0 Å². The van der Waals surface area contributed by atoms with E-state index in [1.54, 1.807) is 0 Å². The quantitative estimate of drug-likeness (QED) is 0.706. The number of hydrogen-bond acceptors (Lipinski definition) is 2. The van der Waals surface area contributed by atoms with E-state index < -0.39 is 0 Å². The standard InChI is InChI=1S/C11H24N2O/c1-9(2)8-13(4)11(14)10(3)6-5-7-12/h9-10H,5-8,12H2,1-4H3. The van der Waals surface area contributed by atoms with Crippen LogP contribution in [0.5, 0.6) is 0 Å². The van der Waals surface area contributed by atoms with Crippen molar-refractivity contribution in [2.45, 2.75) is 33.6 Å². The molecule has 0 aliphatic rings. The van der Waals surface area contributed by atoms with Gasteiger partial charge in [-0.3, -0.25) is 4.79 Å². The molecule has 0 saturated carbocycles. The van der Waals surface area contributed by atoms with Crippen molar-refractivity contribution in [1.82, 2.24) is 4.90 Å². The molecular weight excluding hydrogens is 176 g/mol. The minimum atomic E-state index is 0.113. The number of carbonyl (C=O) groups excluding carboxylic acids is 1. The van der Waals surface area contributed by atoms with Crippen molar-refractivity contribution in [3.63, 3.8) is 0 Å². The van der Waals surface area contributed by atoms with Crippen molar-refractivity contribution in [1.29, 1.82) is 0 Å². The fourth-order valence-electron chi connectivity index (χ4n) is 1.56. The first-order valence-corrected chi connectivity index (χ1v) is 5.44. The molecule has 2 N–H and O–H groups in total. The maximum absolute atomic E-state index is 11.8. The van der Waals surface area contributed by atoms with Gasteiger partial charge in [-0.15, -0.1) is 0 Å². The molecule has 0 aliphatic carbocycles. The Kier molecular flexibility index (Phi) is 6.54. The van der Waals surface area contributed by atoms with Crippen LogP contribution < -0.4 is 5.73 Å². The Hall–Kier alpha value is -0.570. The molecule has 3 nitrogen and oxygen atoms in total. The summed E-state index contributed by atoms with van der Waals surface area (Å²) in [5, 5.41) is 0. The Morgan fingerprint density at radius 3 is 2.36 bits per heavy atom. The molecule has 14 heavy (non-hydrogen) atoms. The minimum Gasteiger partial charge on any atom is -0.345 e. The fourth-order valence-corrected chi connectivity index (χ4v) is 1.56. The summed E-state index contributed by atoms with van der Waals surface area (Å²) in [6.45, 7) is 7.73. The highest BCUT2D eigenvalue weighted by Gasteiger charge is 2.17. The van der Waals surface area contributed by atoms with Crippen LogP contribution in [0, 0.1) is 11.8 Å². The second-order valence-electron chi connectivity index (χ2n) is 4.44. The smallest absolute Gasteiger partial charge is 0.225 e. The largest absolute Gasteiger partial charge is 0.345 e. The Morgan fingerprint density at radius 2 is 1.93 bits per heavy atom. The van der Waals surface area contributed by atoms with E-state index in [1.807, 2.05) is 18.9 Å². The first-order valence-electron chi connectivity index (χ1n) is 5.44. The maximum atomic E-state index is 11.8. The lowest BCUT2D eigenvalue weighted by Crippen LogP contribution is -2.34. The monoisotopic (exact) mass is 200 g/mol. The zero-order valence-corrected chi connectivity index (χ0v) is 9.92. The summed E-state index contributed by atoms with van der Waals surface area (Å²) in [4.78, 5) is 13.6. The van der Waals surface area contributed by atoms with Crippen LogP contribution in [0.15, 0.2) is 0 Å². The topological polar surface area (TPSA) is 46.3 Å². The van der Waals surface area contributed by atoms with E-state index in [1.165, 1.54) is 0 Å². The van der Waals surface area contributed by atoms with Gasteiger partial charge >= 0.3 is 0 Å². The summed E-state index contributed by atoms with van der Waals surface area (Å²) in [5.41, 5.74) is 5.41. The van der Waals surface area contributed by atoms with Crippen LogP contribution in [0.2, 0.25) is 0 Å². The van der Waals surface area contributed by atoms with Crippen molar-refractivity contribution in [2.24, 2.45) is 17.6 Å². The molecular formula is C11H24N2O. The Balaban J connectivity index is 3.91. The normalized spacial score (nSPS) is 13.0. The van der Waals surface area contributed by atoms with Crippen LogP contribution in [-0.4, -0.2) is 30.9 Å². The van der Waals surface area contributed by atoms with Gasteiger partial charge in [0.25, 0.3) is 0 Å². The molecule has 0 aromatic heterocycles. The lowest BCUT2D eigenvalue weighted by atomic mass is 10.0. The van der Waals surface area contributed by atoms with E-state index in [0.29, 0.717) is 12.5 Å². The summed E-state index contributed by atoms with van der Waals surface area (Å²) >= 11 is 0. The number of nitrogens with zero attached hydrogens (tertiary/aromatic N) is 1. The van der Waals surface area contributed by atoms with Crippen molar-refractivity contribution >= 4 is 5.91 Å². The van der Waals surface area contributed by atoms with Crippen LogP contribution in [0.4, 0.5) is 0 Å².